The minimum absolute atomic E-state index is 0.112. The second-order valence-electron chi connectivity index (χ2n) is 8.61. The molecule has 2 saturated heterocycles. The van der Waals surface area contributed by atoms with E-state index in [1.54, 1.807) is 0 Å². The fourth-order valence-corrected chi connectivity index (χ4v) is 4.36. The number of rotatable bonds is 6. The maximum atomic E-state index is 12.8. The van der Waals surface area contributed by atoms with Crippen LogP contribution in [0.1, 0.15) is 53.1 Å². The number of benzene rings is 1. The second kappa shape index (κ2) is 7.91. The van der Waals surface area contributed by atoms with Gasteiger partial charge in [0.05, 0.1) is 17.7 Å². The highest BCUT2D eigenvalue weighted by Gasteiger charge is 2.50. The minimum atomic E-state index is -4.74. The number of carbonyl (C=O) groups is 1. The maximum Gasteiger partial charge on any atom is 0.573 e. The average Bonchev–Trinajstić information content (AvgIpc) is 3.46. The lowest BCUT2D eigenvalue weighted by atomic mass is 9.83. The molecule has 1 unspecified atom stereocenters. The van der Waals surface area contributed by atoms with Crippen molar-refractivity contribution >= 4 is 11.9 Å². The standard InChI is InChI=1S/C22H23F3N4O3/c23-22(24,25)32-18-8-14(7-16(9-18)15-1-2-15)10-26-20-27-11-17(12-28-20)19(30)29-5-3-21(29)4-6-31-13-21/h7-9,11-12,15H,1-6,10,13H2,(H,26,27,28). The van der Waals surface area contributed by atoms with Crippen molar-refractivity contribution in [2.45, 2.75) is 50.0 Å². The summed E-state index contributed by atoms with van der Waals surface area (Å²) in [6.45, 7) is 2.16. The van der Waals surface area contributed by atoms with Crippen LogP contribution in [-0.2, 0) is 11.3 Å². The van der Waals surface area contributed by atoms with E-state index in [2.05, 4.69) is 20.0 Å². The Balaban J connectivity index is 1.24. The first kappa shape index (κ1) is 21.0. The van der Waals surface area contributed by atoms with Gasteiger partial charge < -0.3 is 19.7 Å². The zero-order chi connectivity index (χ0) is 22.3. The van der Waals surface area contributed by atoms with Gasteiger partial charge in [-0.15, -0.1) is 13.2 Å². The summed E-state index contributed by atoms with van der Waals surface area (Å²) in [5.41, 5.74) is 1.70. The molecule has 1 atom stereocenters. The Bertz CT molecular complexity index is 1000. The second-order valence-corrected chi connectivity index (χ2v) is 8.61. The number of hydrogen-bond donors (Lipinski definition) is 1. The van der Waals surface area contributed by atoms with Crippen LogP contribution in [-0.4, -0.2) is 52.4 Å². The normalized spacial score (nSPS) is 22.7. The van der Waals surface area contributed by atoms with Crippen LogP contribution in [0.2, 0.25) is 0 Å². The van der Waals surface area contributed by atoms with Crippen LogP contribution in [0.4, 0.5) is 19.1 Å². The van der Waals surface area contributed by atoms with Gasteiger partial charge in [-0.1, -0.05) is 6.07 Å². The van der Waals surface area contributed by atoms with Crippen LogP contribution in [0.3, 0.4) is 0 Å². The van der Waals surface area contributed by atoms with Crippen LogP contribution in [0, 0.1) is 0 Å². The number of nitrogens with one attached hydrogen (secondary N) is 1. The Hall–Kier alpha value is -2.88. The highest BCUT2D eigenvalue weighted by molar-refractivity contribution is 5.95. The number of ether oxygens (including phenoxy) is 2. The van der Waals surface area contributed by atoms with Gasteiger partial charge >= 0.3 is 6.36 Å². The first-order valence-corrected chi connectivity index (χ1v) is 10.7. The summed E-state index contributed by atoms with van der Waals surface area (Å²) >= 11 is 0. The smallest absolute Gasteiger partial charge is 0.406 e. The molecule has 1 aromatic heterocycles. The Morgan fingerprint density at radius 3 is 2.59 bits per heavy atom. The van der Waals surface area contributed by atoms with Crippen molar-refractivity contribution in [3.8, 4) is 5.75 Å². The lowest BCUT2D eigenvalue weighted by Crippen LogP contribution is -2.62. The fourth-order valence-electron chi connectivity index (χ4n) is 4.36. The number of carbonyl (C=O) groups excluding carboxylic acids is 1. The minimum Gasteiger partial charge on any atom is -0.406 e. The highest BCUT2D eigenvalue weighted by Crippen LogP contribution is 2.42. The third-order valence-corrected chi connectivity index (χ3v) is 6.32. The fraction of sp³-hybridized carbons (Fsp3) is 0.500. The molecule has 2 aliphatic heterocycles. The lowest BCUT2D eigenvalue weighted by Gasteiger charge is -2.49. The van der Waals surface area contributed by atoms with Gasteiger partial charge in [0.2, 0.25) is 5.95 Å². The number of halogens is 3. The van der Waals surface area contributed by atoms with Crippen molar-refractivity contribution < 1.29 is 27.4 Å². The molecule has 1 N–H and O–H groups in total. The molecule has 7 nitrogen and oxygen atoms in total. The Labute approximate surface area is 182 Å². The third kappa shape index (κ3) is 4.36. The topological polar surface area (TPSA) is 76.6 Å². The predicted octanol–water partition coefficient (Wildman–Crippen LogP) is 3.87. The third-order valence-electron chi connectivity index (χ3n) is 6.32. The Kier molecular flexibility index (Phi) is 5.19. The number of anilines is 1. The number of aromatic nitrogens is 2. The van der Waals surface area contributed by atoms with Gasteiger partial charge in [-0.3, -0.25) is 4.79 Å². The summed E-state index contributed by atoms with van der Waals surface area (Å²) in [5, 5.41) is 3.01. The van der Waals surface area contributed by atoms with E-state index in [4.69, 9.17) is 4.74 Å². The van der Waals surface area contributed by atoms with Gasteiger partial charge in [0.25, 0.3) is 5.91 Å². The Morgan fingerprint density at radius 1 is 1.22 bits per heavy atom. The first-order valence-electron chi connectivity index (χ1n) is 10.7. The summed E-state index contributed by atoms with van der Waals surface area (Å²) in [5.74, 6) is 0.237. The lowest BCUT2D eigenvalue weighted by molar-refractivity contribution is -0.274. The number of hydrogen-bond acceptors (Lipinski definition) is 6. The van der Waals surface area contributed by atoms with Gasteiger partial charge in [0, 0.05) is 32.1 Å². The molecular formula is C22H23F3N4O3. The van der Waals surface area contributed by atoms with Gasteiger partial charge in [0.1, 0.15) is 5.75 Å². The Morgan fingerprint density at radius 2 is 2.00 bits per heavy atom. The summed E-state index contributed by atoms with van der Waals surface area (Å²) < 4.78 is 47.6. The van der Waals surface area contributed by atoms with E-state index in [0.717, 1.165) is 31.2 Å². The van der Waals surface area contributed by atoms with Gasteiger partial charge in [-0.05, 0) is 54.9 Å². The van der Waals surface area contributed by atoms with Crippen molar-refractivity contribution in [3.63, 3.8) is 0 Å². The molecule has 1 aromatic carbocycles. The predicted molar refractivity (Wildman–Crippen MR) is 108 cm³/mol. The number of likely N-dealkylation sites (tertiary alicyclic amines) is 1. The van der Waals surface area contributed by atoms with Crippen molar-refractivity contribution in [1.82, 2.24) is 14.9 Å². The van der Waals surface area contributed by atoms with Crippen LogP contribution in [0.15, 0.2) is 30.6 Å². The summed E-state index contributed by atoms with van der Waals surface area (Å²) in [6, 6.07) is 4.68. The van der Waals surface area contributed by atoms with E-state index in [9.17, 15) is 18.0 Å². The zero-order valence-electron chi connectivity index (χ0n) is 17.3. The van der Waals surface area contributed by atoms with E-state index in [0.29, 0.717) is 36.8 Å². The number of amides is 1. The molecule has 1 saturated carbocycles. The quantitative estimate of drug-likeness (QED) is 0.723. The molecule has 170 valence electrons. The zero-order valence-corrected chi connectivity index (χ0v) is 17.3. The largest absolute Gasteiger partial charge is 0.573 e. The van der Waals surface area contributed by atoms with Crippen LogP contribution in [0.5, 0.6) is 5.75 Å². The van der Waals surface area contributed by atoms with Crippen LogP contribution in [0.25, 0.3) is 0 Å². The molecule has 5 rings (SSSR count). The molecule has 3 aliphatic rings. The molecule has 32 heavy (non-hydrogen) atoms. The molecule has 10 heteroatoms. The van der Waals surface area contributed by atoms with Crippen molar-refractivity contribution in [3.05, 3.63) is 47.3 Å². The monoisotopic (exact) mass is 448 g/mol. The van der Waals surface area contributed by atoms with E-state index in [-0.39, 0.29) is 29.7 Å². The van der Waals surface area contributed by atoms with Gasteiger partial charge in [-0.25, -0.2) is 9.97 Å². The molecule has 3 fully saturated rings. The first-order chi connectivity index (χ1) is 15.3. The van der Waals surface area contributed by atoms with E-state index in [1.165, 1.54) is 24.5 Å². The van der Waals surface area contributed by atoms with Gasteiger partial charge in [0.15, 0.2) is 0 Å². The molecule has 3 heterocycles. The van der Waals surface area contributed by atoms with Gasteiger partial charge in [-0.2, -0.15) is 0 Å². The summed E-state index contributed by atoms with van der Waals surface area (Å²) in [4.78, 5) is 23.1. The molecule has 2 aromatic rings. The maximum absolute atomic E-state index is 12.8. The SMILES string of the molecule is O=C(c1cnc(NCc2cc(OC(F)(F)F)cc(C3CC3)c2)nc1)N1CCC12CCOC2. The molecule has 1 amide bonds. The van der Waals surface area contributed by atoms with Crippen molar-refractivity contribution in [2.75, 3.05) is 25.1 Å². The van der Waals surface area contributed by atoms with Crippen molar-refractivity contribution in [1.29, 1.82) is 0 Å². The number of alkyl halides is 3. The highest BCUT2D eigenvalue weighted by atomic mass is 19.4. The molecule has 1 spiro atoms. The van der Waals surface area contributed by atoms with Crippen LogP contribution >= 0.6 is 0 Å². The van der Waals surface area contributed by atoms with Crippen molar-refractivity contribution in [2.24, 2.45) is 0 Å². The van der Waals surface area contributed by atoms with E-state index >= 15 is 0 Å². The van der Waals surface area contributed by atoms with E-state index < -0.39 is 6.36 Å². The summed E-state index contributed by atoms with van der Waals surface area (Å²) in [7, 11) is 0. The number of nitrogens with zero attached hydrogens (tertiary/aromatic N) is 3. The summed E-state index contributed by atoms with van der Waals surface area (Å²) in [6.07, 6.45) is 1.92. The van der Waals surface area contributed by atoms with E-state index in [1.807, 2.05) is 11.0 Å². The molecule has 1 aliphatic carbocycles. The molecular weight excluding hydrogens is 425 g/mol. The van der Waals surface area contributed by atoms with Crippen LogP contribution < -0.4 is 10.1 Å². The molecule has 0 radical (unpaired) electrons. The molecule has 0 bridgehead atoms. The average molecular weight is 448 g/mol.